The first-order valence-corrected chi connectivity index (χ1v) is 7.54. The van der Waals surface area contributed by atoms with Gasteiger partial charge in [0.2, 0.25) is 11.9 Å². The fraction of sp³-hybridized carbons (Fsp3) is 0.769. The number of piperazine rings is 1. The third-order valence-corrected chi connectivity index (χ3v) is 4.57. The van der Waals surface area contributed by atoms with Gasteiger partial charge in [0.1, 0.15) is 6.33 Å². The third-order valence-electron chi connectivity index (χ3n) is 4.57. The first-order valence-electron chi connectivity index (χ1n) is 7.54. The van der Waals surface area contributed by atoms with E-state index in [1.165, 1.54) is 6.33 Å². The Balaban J connectivity index is 1.51. The number of carbonyl (C=O) groups excluding carboxylic acids is 1. The molecule has 2 fully saturated rings. The van der Waals surface area contributed by atoms with Crippen LogP contribution in [0.25, 0.3) is 0 Å². The molecule has 2 aliphatic rings. The van der Waals surface area contributed by atoms with Gasteiger partial charge in [0, 0.05) is 50.6 Å². The molecular weight excluding hydrogens is 270 g/mol. The van der Waals surface area contributed by atoms with Crippen LogP contribution in [0, 0.1) is 5.92 Å². The Morgan fingerprint density at radius 2 is 1.90 bits per heavy atom. The number of hydrogen-bond donors (Lipinski definition) is 3. The number of rotatable bonds is 3. The van der Waals surface area contributed by atoms with Crippen LogP contribution < -0.4 is 15.8 Å². The molecule has 1 aromatic rings. The summed E-state index contributed by atoms with van der Waals surface area (Å²) >= 11 is 0. The molecule has 2 saturated heterocycles. The highest BCUT2D eigenvalue weighted by Crippen LogP contribution is 2.20. The minimum atomic E-state index is 0.251. The van der Waals surface area contributed by atoms with Crippen molar-refractivity contribution >= 4 is 11.9 Å². The van der Waals surface area contributed by atoms with Crippen LogP contribution in [0.15, 0.2) is 6.33 Å². The van der Waals surface area contributed by atoms with Gasteiger partial charge in [0.25, 0.3) is 0 Å². The van der Waals surface area contributed by atoms with E-state index >= 15 is 0 Å². The summed E-state index contributed by atoms with van der Waals surface area (Å²) in [7, 11) is 0. The molecule has 8 nitrogen and oxygen atoms in total. The van der Waals surface area contributed by atoms with E-state index in [4.69, 9.17) is 0 Å². The molecule has 2 unspecified atom stereocenters. The summed E-state index contributed by atoms with van der Waals surface area (Å²) in [5.74, 6) is 1.39. The van der Waals surface area contributed by atoms with Crippen molar-refractivity contribution in [2.45, 2.75) is 32.4 Å². The maximum atomic E-state index is 12.5. The summed E-state index contributed by atoms with van der Waals surface area (Å²) in [6.07, 6.45) is 2.11. The highest BCUT2D eigenvalue weighted by Gasteiger charge is 2.33. The summed E-state index contributed by atoms with van der Waals surface area (Å²) in [5.41, 5.74) is 6.41. The predicted molar refractivity (Wildman–Crippen MR) is 78.5 cm³/mol. The lowest BCUT2D eigenvalue weighted by molar-refractivity contribution is -0.132. The largest absolute Gasteiger partial charge is 0.339 e. The van der Waals surface area contributed by atoms with Gasteiger partial charge in [-0.1, -0.05) is 0 Å². The lowest BCUT2D eigenvalue weighted by atomic mass is 9.92. The third kappa shape index (κ3) is 3.01. The number of amides is 1. The summed E-state index contributed by atoms with van der Waals surface area (Å²) in [6.45, 7) is 7.33. The average molecular weight is 293 g/mol. The quantitative estimate of drug-likeness (QED) is 0.686. The van der Waals surface area contributed by atoms with Crippen LogP contribution in [0.5, 0.6) is 0 Å². The smallest absolute Gasteiger partial charge is 0.223 e. The molecular formula is C13H23N7O. The van der Waals surface area contributed by atoms with Gasteiger partial charge in [0.05, 0.1) is 0 Å². The van der Waals surface area contributed by atoms with Crippen LogP contribution in [0.1, 0.15) is 20.3 Å². The number of nitrogens with zero attached hydrogens (tertiary/aromatic N) is 4. The zero-order valence-electron chi connectivity index (χ0n) is 12.5. The summed E-state index contributed by atoms with van der Waals surface area (Å²) in [6, 6.07) is 0.666. The zero-order valence-corrected chi connectivity index (χ0v) is 12.5. The topological polar surface area (TPSA) is 89.2 Å². The number of carbonyl (C=O) groups is 1. The molecule has 0 aliphatic carbocycles. The van der Waals surface area contributed by atoms with E-state index < -0.39 is 0 Å². The lowest BCUT2D eigenvalue weighted by Crippen LogP contribution is -2.50. The van der Waals surface area contributed by atoms with Gasteiger partial charge in [-0.25, -0.2) is 5.10 Å². The number of aromatic nitrogens is 3. The maximum Gasteiger partial charge on any atom is 0.223 e. The number of hydrazine groups is 1. The van der Waals surface area contributed by atoms with Gasteiger partial charge in [-0.3, -0.25) is 15.6 Å². The second-order valence-corrected chi connectivity index (χ2v) is 5.91. The number of H-pyrrole nitrogens is 1. The zero-order chi connectivity index (χ0) is 14.8. The van der Waals surface area contributed by atoms with E-state index in [1.807, 2.05) is 4.90 Å². The Bertz CT molecular complexity index is 459. The summed E-state index contributed by atoms with van der Waals surface area (Å²) in [4.78, 5) is 20.7. The van der Waals surface area contributed by atoms with Crippen molar-refractivity contribution in [2.75, 3.05) is 31.1 Å². The number of nitrogens with one attached hydrogen (secondary N) is 3. The van der Waals surface area contributed by atoms with Gasteiger partial charge >= 0.3 is 0 Å². The van der Waals surface area contributed by atoms with Crippen molar-refractivity contribution < 1.29 is 4.79 Å². The molecule has 21 heavy (non-hydrogen) atoms. The van der Waals surface area contributed by atoms with Crippen LogP contribution in [0.4, 0.5) is 5.95 Å². The van der Waals surface area contributed by atoms with Crippen molar-refractivity contribution in [1.29, 1.82) is 0 Å². The van der Waals surface area contributed by atoms with Crippen LogP contribution in [-0.4, -0.2) is 64.3 Å². The molecule has 0 radical (unpaired) electrons. The fourth-order valence-electron chi connectivity index (χ4n) is 3.11. The molecule has 2 aliphatic heterocycles. The molecule has 0 saturated carbocycles. The normalized spacial score (nSPS) is 29.9. The Morgan fingerprint density at radius 3 is 2.48 bits per heavy atom. The molecule has 8 heteroatoms. The van der Waals surface area contributed by atoms with Gasteiger partial charge in [0.15, 0.2) is 0 Å². The molecule has 1 amide bonds. The monoisotopic (exact) mass is 293 g/mol. The Morgan fingerprint density at radius 1 is 1.24 bits per heavy atom. The van der Waals surface area contributed by atoms with E-state index in [1.54, 1.807) is 0 Å². The SMILES string of the molecule is CC1NNC(C)C1CC(=O)N1CCN(c2ncn[nH]2)CC1. The number of hydrogen-bond acceptors (Lipinski definition) is 6. The maximum absolute atomic E-state index is 12.5. The highest BCUT2D eigenvalue weighted by atomic mass is 16.2. The molecule has 0 aromatic carbocycles. The van der Waals surface area contributed by atoms with Gasteiger partial charge in [-0.05, 0) is 13.8 Å². The van der Waals surface area contributed by atoms with E-state index in [2.05, 4.69) is 44.8 Å². The minimum absolute atomic E-state index is 0.251. The Kier molecular flexibility index (Phi) is 4.07. The van der Waals surface area contributed by atoms with Crippen LogP contribution >= 0.6 is 0 Å². The number of aromatic amines is 1. The van der Waals surface area contributed by atoms with E-state index in [9.17, 15) is 4.79 Å². The molecule has 3 rings (SSSR count). The lowest BCUT2D eigenvalue weighted by Gasteiger charge is -2.35. The second-order valence-electron chi connectivity index (χ2n) is 5.91. The van der Waals surface area contributed by atoms with Gasteiger partial charge in [-0.15, -0.1) is 0 Å². The highest BCUT2D eigenvalue weighted by molar-refractivity contribution is 5.77. The van der Waals surface area contributed by atoms with Crippen molar-refractivity contribution in [3.05, 3.63) is 6.33 Å². The van der Waals surface area contributed by atoms with Gasteiger partial charge in [-0.2, -0.15) is 10.1 Å². The van der Waals surface area contributed by atoms with E-state index in [0.717, 1.165) is 32.1 Å². The molecule has 2 atom stereocenters. The summed E-state index contributed by atoms with van der Waals surface area (Å²) < 4.78 is 0. The second kappa shape index (κ2) is 5.98. The first-order chi connectivity index (χ1) is 10.1. The Hall–Kier alpha value is -1.67. The van der Waals surface area contributed by atoms with Crippen molar-refractivity contribution in [3.63, 3.8) is 0 Å². The molecule has 3 heterocycles. The van der Waals surface area contributed by atoms with E-state index in [-0.39, 0.29) is 5.91 Å². The molecule has 0 bridgehead atoms. The van der Waals surface area contributed by atoms with Gasteiger partial charge < -0.3 is 9.80 Å². The van der Waals surface area contributed by atoms with Crippen molar-refractivity contribution in [2.24, 2.45) is 5.92 Å². The van der Waals surface area contributed by atoms with Crippen LogP contribution in [0.3, 0.4) is 0 Å². The number of anilines is 1. The van der Waals surface area contributed by atoms with Crippen LogP contribution in [-0.2, 0) is 4.79 Å². The summed E-state index contributed by atoms with van der Waals surface area (Å²) in [5, 5.41) is 6.73. The minimum Gasteiger partial charge on any atom is -0.339 e. The molecule has 3 N–H and O–H groups in total. The standard InChI is InChI=1S/C13H23N7O/c1-9-11(10(2)17-16-9)7-12(21)19-3-5-20(6-4-19)13-14-8-15-18-13/h8-11,16-17H,3-7H2,1-2H3,(H,14,15,18). The van der Waals surface area contributed by atoms with Crippen molar-refractivity contribution in [1.82, 2.24) is 30.9 Å². The average Bonchev–Trinajstić information content (AvgIpc) is 3.13. The van der Waals surface area contributed by atoms with Crippen molar-refractivity contribution in [3.8, 4) is 0 Å². The Labute approximate surface area is 124 Å². The molecule has 0 spiro atoms. The van der Waals surface area contributed by atoms with E-state index in [0.29, 0.717) is 24.4 Å². The predicted octanol–water partition coefficient (Wildman–Crippen LogP) is -0.656. The first kappa shape index (κ1) is 14.3. The fourth-order valence-corrected chi connectivity index (χ4v) is 3.11. The molecule has 1 aromatic heterocycles. The molecule has 116 valence electrons. The van der Waals surface area contributed by atoms with Crippen LogP contribution in [0.2, 0.25) is 0 Å².